The van der Waals surface area contributed by atoms with Gasteiger partial charge in [-0.1, -0.05) is 37.3 Å². The first-order valence-electron chi connectivity index (χ1n) is 8.07. The molecule has 2 aromatic carbocycles. The Morgan fingerprint density at radius 1 is 1.21 bits per heavy atom. The quantitative estimate of drug-likeness (QED) is 0.901. The molecule has 0 aliphatic carbocycles. The van der Waals surface area contributed by atoms with E-state index >= 15 is 0 Å². The van der Waals surface area contributed by atoms with Crippen LogP contribution in [-0.2, 0) is 11.3 Å². The second-order valence-electron chi connectivity index (χ2n) is 5.76. The van der Waals surface area contributed by atoms with E-state index < -0.39 is 0 Å². The van der Waals surface area contributed by atoms with Crippen molar-refractivity contribution in [3.63, 3.8) is 0 Å². The SMILES string of the molecule is CCCN(Cc1ccccc1)C(=O)c1ccc2c(c1)NC(=O)CS2. The molecule has 4 nitrogen and oxygen atoms in total. The summed E-state index contributed by atoms with van der Waals surface area (Å²) in [7, 11) is 0. The molecule has 1 heterocycles. The molecule has 1 aliphatic rings. The van der Waals surface area contributed by atoms with Crippen molar-refractivity contribution in [2.24, 2.45) is 0 Å². The Labute approximate surface area is 146 Å². The highest BCUT2D eigenvalue weighted by molar-refractivity contribution is 8.00. The van der Waals surface area contributed by atoms with Crippen LogP contribution in [0.1, 0.15) is 29.3 Å². The lowest BCUT2D eigenvalue weighted by Crippen LogP contribution is -2.31. The Balaban J connectivity index is 1.82. The fourth-order valence-corrected chi connectivity index (χ4v) is 3.51. The standard InChI is InChI=1S/C19H20N2O2S/c1-2-10-21(12-14-6-4-3-5-7-14)19(23)15-8-9-17-16(11-15)20-18(22)13-24-17/h3-9,11H,2,10,12-13H2,1H3,(H,20,22). The molecular formula is C19H20N2O2S. The Bertz CT molecular complexity index is 746. The number of nitrogens with zero attached hydrogens (tertiary/aromatic N) is 1. The lowest BCUT2D eigenvalue weighted by atomic mass is 10.1. The zero-order valence-corrected chi connectivity index (χ0v) is 14.4. The van der Waals surface area contributed by atoms with Gasteiger partial charge >= 0.3 is 0 Å². The van der Waals surface area contributed by atoms with Crippen molar-refractivity contribution in [1.29, 1.82) is 0 Å². The number of benzene rings is 2. The number of nitrogens with one attached hydrogen (secondary N) is 1. The predicted octanol–water partition coefficient (Wildman–Crippen LogP) is 3.78. The number of carbonyl (C=O) groups is 2. The Morgan fingerprint density at radius 2 is 2.00 bits per heavy atom. The summed E-state index contributed by atoms with van der Waals surface area (Å²) in [5.41, 5.74) is 2.46. The highest BCUT2D eigenvalue weighted by atomic mass is 32.2. The highest BCUT2D eigenvalue weighted by Gasteiger charge is 2.20. The molecule has 0 radical (unpaired) electrons. The van der Waals surface area contributed by atoms with Gasteiger partial charge in [-0.15, -0.1) is 11.8 Å². The van der Waals surface area contributed by atoms with Crippen LogP contribution in [-0.4, -0.2) is 29.0 Å². The van der Waals surface area contributed by atoms with Crippen molar-refractivity contribution in [2.45, 2.75) is 24.8 Å². The van der Waals surface area contributed by atoms with Crippen LogP contribution in [0.4, 0.5) is 5.69 Å². The first kappa shape index (κ1) is 16.6. The van der Waals surface area contributed by atoms with Crippen LogP contribution in [0.15, 0.2) is 53.4 Å². The summed E-state index contributed by atoms with van der Waals surface area (Å²) in [6.07, 6.45) is 0.899. The monoisotopic (exact) mass is 340 g/mol. The average Bonchev–Trinajstić information content (AvgIpc) is 2.61. The molecule has 0 unspecified atom stereocenters. The smallest absolute Gasteiger partial charge is 0.254 e. The van der Waals surface area contributed by atoms with Gasteiger partial charge in [-0.25, -0.2) is 0 Å². The topological polar surface area (TPSA) is 49.4 Å². The van der Waals surface area contributed by atoms with Crippen LogP contribution in [0.5, 0.6) is 0 Å². The van der Waals surface area contributed by atoms with E-state index in [1.807, 2.05) is 47.4 Å². The predicted molar refractivity (Wildman–Crippen MR) is 97.3 cm³/mol. The van der Waals surface area contributed by atoms with E-state index in [0.717, 1.165) is 22.6 Å². The average molecular weight is 340 g/mol. The molecule has 2 amide bonds. The largest absolute Gasteiger partial charge is 0.334 e. The fraction of sp³-hybridized carbons (Fsp3) is 0.263. The molecule has 124 valence electrons. The van der Waals surface area contributed by atoms with E-state index in [4.69, 9.17) is 0 Å². The molecule has 0 aromatic heterocycles. The number of anilines is 1. The molecule has 0 fully saturated rings. The number of amides is 2. The summed E-state index contributed by atoms with van der Waals surface area (Å²) in [5, 5.41) is 2.85. The van der Waals surface area contributed by atoms with Gasteiger partial charge in [-0.2, -0.15) is 0 Å². The fourth-order valence-electron chi connectivity index (χ4n) is 2.72. The third kappa shape index (κ3) is 3.79. The summed E-state index contributed by atoms with van der Waals surface area (Å²) in [6.45, 7) is 3.35. The van der Waals surface area contributed by atoms with Crippen molar-refractivity contribution in [3.05, 3.63) is 59.7 Å². The van der Waals surface area contributed by atoms with Gasteiger partial charge in [0, 0.05) is 23.5 Å². The highest BCUT2D eigenvalue weighted by Crippen LogP contribution is 2.32. The second kappa shape index (κ2) is 7.53. The van der Waals surface area contributed by atoms with Crippen molar-refractivity contribution in [3.8, 4) is 0 Å². The van der Waals surface area contributed by atoms with Crippen LogP contribution in [0.2, 0.25) is 0 Å². The summed E-state index contributed by atoms with van der Waals surface area (Å²) in [6, 6.07) is 15.5. The van der Waals surface area contributed by atoms with Gasteiger partial charge < -0.3 is 10.2 Å². The molecule has 0 saturated carbocycles. The van der Waals surface area contributed by atoms with Gasteiger partial charge in [-0.05, 0) is 30.2 Å². The Kier molecular flexibility index (Phi) is 5.20. The van der Waals surface area contributed by atoms with Gasteiger partial charge in [0.05, 0.1) is 11.4 Å². The first-order chi connectivity index (χ1) is 11.7. The Morgan fingerprint density at radius 3 is 2.75 bits per heavy atom. The summed E-state index contributed by atoms with van der Waals surface area (Å²) in [5.74, 6) is 0.399. The summed E-state index contributed by atoms with van der Waals surface area (Å²) < 4.78 is 0. The third-order valence-electron chi connectivity index (χ3n) is 3.86. The summed E-state index contributed by atoms with van der Waals surface area (Å²) >= 11 is 1.50. The molecule has 5 heteroatoms. The molecule has 0 bridgehead atoms. The number of hydrogen-bond donors (Lipinski definition) is 1. The molecule has 0 saturated heterocycles. The van der Waals surface area contributed by atoms with E-state index in [9.17, 15) is 9.59 Å². The molecule has 1 N–H and O–H groups in total. The lowest BCUT2D eigenvalue weighted by Gasteiger charge is -2.23. The molecule has 0 atom stereocenters. The zero-order valence-electron chi connectivity index (χ0n) is 13.6. The Hall–Kier alpha value is -2.27. The zero-order chi connectivity index (χ0) is 16.9. The molecule has 2 aromatic rings. The molecule has 1 aliphatic heterocycles. The molecule has 3 rings (SSSR count). The number of carbonyl (C=O) groups excluding carboxylic acids is 2. The van der Waals surface area contributed by atoms with E-state index in [-0.39, 0.29) is 11.8 Å². The van der Waals surface area contributed by atoms with E-state index in [1.165, 1.54) is 11.8 Å². The van der Waals surface area contributed by atoms with Crippen molar-refractivity contribution in [1.82, 2.24) is 4.90 Å². The number of fused-ring (bicyclic) bond motifs is 1. The van der Waals surface area contributed by atoms with Crippen LogP contribution in [0.3, 0.4) is 0 Å². The van der Waals surface area contributed by atoms with Gasteiger partial charge in [0.1, 0.15) is 0 Å². The molecule has 24 heavy (non-hydrogen) atoms. The van der Waals surface area contributed by atoms with E-state index in [1.54, 1.807) is 6.07 Å². The minimum absolute atomic E-state index is 0.00618. The van der Waals surface area contributed by atoms with Crippen molar-refractivity contribution in [2.75, 3.05) is 17.6 Å². The van der Waals surface area contributed by atoms with Crippen molar-refractivity contribution >= 4 is 29.3 Å². The lowest BCUT2D eigenvalue weighted by molar-refractivity contribution is -0.113. The minimum atomic E-state index is -0.0215. The van der Waals surface area contributed by atoms with E-state index in [0.29, 0.717) is 24.4 Å². The van der Waals surface area contributed by atoms with Crippen LogP contribution in [0, 0.1) is 0 Å². The minimum Gasteiger partial charge on any atom is -0.334 e. The van der Waals surface area contributed by atoms with Gasteiger partial charge in [0.15, 0.2) is 0 Å². The number of thioether (sulfide) groups is 1. The molecule has 0 spiro atoms. The van der Waals surface area contributed by atoms with Crippen LogP contribution < -0.4 is 5.32 Å². The maximum absolute atomic E-state index is 12.9. The molecular weight excluding hydrogens is 320 g/mol. The number of rotatable bonds is 5. The second-order valence-corrected chi connectivity index (χ2v) is 6.78. The normalized spacial score (nSPS) is 13.1. The van der Waals surface area contributed by atoms with Crippen LogP contribution >= 0.6 is 11.8 Å². The first-order valence-corrected chi connectivity index (χ1v) is 9.06. The van der Waals surface area contributed by atoms with Gasteiger partial charge in [0.25, 0.3) is 5.91 Å². The van der Waals surface area contributed by atoms with Crippen molar-refractivity contribution < 1.29 is 9.59 Å². The van der Waals surface area contributed by atoms with Gasteiger partial charge in [0.2, 0.25) is 5.91 Å². The van der Waals surface area contributed by atoms with E-state index in [2.05, 4.69) is 12.2 Å². The third-order valence-corrected chi connectivity index (χ3v) is 4.93. The number of hydrogen-bond acceptors (Lipinski definition) is 3. The van der Waals surface area contributed by atoms with Gasteiger partial charge in [-0.3, -0.25) is 9.59 Å². The maximum Gasteiger partial charge on any atom is 0.254 e. The maximum atomic E-state index is 12.9. The van der Waals surface area contributed by atoms with Crippen LogP contribution in [0.25, 0.3) is 0 Å². The summed E-state index contributed by atoms with van der Waals surface area (Å²) in [4.78, 5) is 27.3.